The lowest BCUT2D eigenvalue weighted by molar-refractivity contribution is 0.284. The Bertz CT molecular complexity index is 414. The number of hydrogen-bond donors (Lipinski definition) is 2. The summed E-state index contributed by atoms with van der Waals surface area (Å²) >= 11 is 0. The molecule has 0 aliphatic rings. The molecule has 1 atom stereocenters. The maximum absolute atomic E-state index is 9.82. The van der Waals surface area contributed by atoms with E-state index in [0.29, 0.717) is 5.75 Å². The van der Waals surface area contributed by atoms with Crippen LogP contribution in [0.1, 0.15) is 65.1 Å². The molecule has 2 nitrogen and oxygen atoms in total. The van der Waals surface area contributed by atoms with Crippen LogP contribution >= 0.6 is 0 Å². The summed E-state index contributed by atoms with van der Waals surface area (Å²) in [4.78, 5) is 0. The molecule has 18 heavy (non-hydrogen) atoms. The molecular formula is C16H27NO. The highest BCUT2D eigenvalue weighted by molar-refractivity contribution is 5.40. The zero-order valence-electron chi connectivity index (χ0n) is 12.5. The van der Waals surface area contributed by atoms with Crippen LogP contribution in [0.4, 0.5) is 0 Å². The van der Waals surface area contributed by atoms with E-state index in [9.17, 15) is 5.11 Å². The molecule has 0 spiro atoms. The van der Waals surface area contributed by atoms with Crippen LogP contribution in [0, 0.1) is 5.41 Å². The van der Waals surface area contributed by atoms with E-state index < -0.39 is 0 Å². The summed E-state index contributed by atoms with van der Waals surface area (Å²) in [6.45, 7) is 13.1. The summed E-state index contributed by atoms with van der Waals surface area (Å²) in [6, 6.07) is 5.67. The Morgan fingerprint density at radius 2 is 1.72 bits per heavy atom. The van der Waals surface area contributed by atoms with Crippen molar-refractivity contribution >= 4 is 0 Å². The highest BCUT2D eigenvalue weighted by Crippen LogP contribution is 2.38. The van der Waals surface area contributed by atoms with Gasteiger partial charge in [0.25, 0.3) is 0 Å². The van der Waals surface area contributed by atoms with Gasteiger partial charge in [-0.3, -0.25) is 0 Å². The quantitative estimate of drug-likeness (QED) is 0.846. The van der Waals surface area contributed by atoms with Gasteiger partial charge in [0.05, 0.1) is 0 Å². The van der Waals surface area contributed by atoms with Crippen LogP contribution in [0.3, 0.4) is 0 Å². The largest absolute Gasteiger partial charge is 0.508 e. The van der Waals surface area contributed by atoms with E-state index in [0.717, 1.165) is 12.0 Å². The number of benzene rings is 1. The zero-order chi connectivity index (χ0) is 14.1. The van der Waals surface area contributed by atoms with Crippen molar-refractivity contribution in [2.45, 2.75) is 59.4 Å². The Balaban J connectivity index is 3.13. The molecule has 1 rings (SSSR count). The van der Waals surface area contributed by atoms with Crippen molar-refractivity contribution in [3.05, 3.63) is 29.3 Å². The van der Waals surface area contributed by atoms with Crippen LogP contribution in [0.25, 0.3) is 0 Å². The van der Waals surface area contributed by atoms with Gasteiger partial charge >= 0.3 is 0 Å². The van der Waals surface area contributed by atoms with Crippen molar-refractivity contribution < 1.29 is 5.11 Å². The topological polar surface area (TPSA) is 46.2 Å². The number of phenolic OH excluding ortho intramolecular Hbond substituents is 1. The van der Waals surface area contributed by atoms with Gasteiger partial charge in [0, 0.05) is 11.6 Å². The van der Waals surface area contributed by atoms with Gasteiger partial charge in [-0.2, -0.15) is 0 Å². The fourth-order valence-corrected chi connectivity index (χ4v) is 2.77. The molecule has 1 aromatic carbocycles. The van der Waals surface area contributed by atoms with Crippen LogP contribution in [-0.2, 0) is 5.41 Å². The number of phenols is 1. The number of hydrogen-bond acceptors (Lipinski definition) is 2. The third-order valence-corrected chi connectivity index (χ3v) is 3.27. The van der Waals surface area contributed by atoms with Gasteiger partial charge in [-0.05, 0) is 35.8 Å². The molecule has 0 saturated heterocycles. The highest BCUT2D eigenvalue weighted by atomic mass is 16.3. The minimum absolute atomic E-state index is 0.0790. The van der Waals surface area contributed by atoms with Crippen molar-refractivity contribution in [1.29, 1.82) is 0 Å². The minimum Gasteiger partial charge on any atom is -0.508 e. The monoisotopic (exact) mass is 249 g/mol. The lowest BCUT2D eigenvalue weighted by atomic mass is 9.72. The minimum atomic E-state index is -0.143. The Hall–Kier alpha value is -1.02. The number of nitrogens with two attached hydrogens (primary N) is 1. The van der Waals surface area contributed by atoms with Gasteiger partial charge in [-0.25, -0.2) is 0 Å². The van der Waals surface area contributed by atoms with E-state index in [-0.39, 0.29) is 16.9 Å². The molecule has 0 amide bonds. The maximum atomic E-state index is 9.82. The van der Waals surface area contributed by atoms with Crippen LogP contribution in [0.2, 0.25) is 0 Å². The maximum Gasteiger partial charge on any atom is 0.120 e. The molecule has 0 aliphatic carbocycles. The molecule has 0 heterocycles. The lowest BCUT2D eigenvalue weighted by Gasteiger charge is -2.33. The van der Waals surface area contributed by atoms with E-state index in [2.05, 4.69) is 34.6 Å². The Morgan fingerprint density at radius 3 is 2.17 bits per heavy atom. The second-order valence-electron chi connectivity index (χ2n) is 7.18. The molecule has 0 aromatic heterocycles. The molecule has 0 radical (unpaired) electrons. The van der Waals surface area contributed by atoms with Gasteiger partial charge in [-0.15, -0.1) is 0 Å². The Labute approximate surface area is 111 Å². The zero-order valence-corrected chi connectivity index (χ0v) is 12.5. The first-order chi connectivity index (χ1) is 8.03. The van der Waals surface area contributed by atoms with E-state index in [1.807, 2.05) is 19.1 Å². The van der Waals surface area contributed by atoms with Gasteiger partial charge in [0.2, 0.25) is 0 Å². The molecule has 0 fully saturated rings. The average molecular weight is 249 g/mol. The SMILES string of the molecule is CC(N)c1cc(C(C)(C)CC(C)(C)C)ccc1O. The Morgan fingerprint density at radius 1 is 1.17 bits per heavy atom. The van der Waals surface area contributed by atoms with Crippen LogP contribution in [-0.4, -0.2) is 5.11 Å². The summed E-state index contributed by atoms with van der Waals surface area (Å²) in [5, 5.41) is 9.82. The van der Waals surface area contributed by atoms with Crippen LogP contribution in [0.15, 0.2) is 18.2 Å². The smallest absolute Gasteiger partial charge is 0.120 e. The summed E-state index contributed by atoms with van der Waals surface area (Å²) in [5.41, 5.74) is 8.31. The predicted octanol–water partition coefficient (Wildman–Crippen LogP) is 4.13. The molecule has 102 valence electrons. The third-order valence-electron chi connectivity index (χ3n) is 3.27. The predicted molar refractivity (Wildman–Crippen MR) is 77.8 cm³/mol. The average Bonchev–Trinajstić information content (AvgIpc) is 2.13. The van der Waals surface area contributed by atoms with Crippen molar-refractivity contribution in [2.75, 3.05) is 0 Å². The van der Waals surface area contributed by atoms with Crippen LogP contribution in [0.5, 0.6) is 5.75 Å². The van der Waals surface area contributed by atoms with E-state index in [1.165, 1.54) is 5.56 Å². The van der Waals surface area contributed by atoms with E-state index >= 15 is 0 Å². The lowest BCUT2D eigenvalue weighted by Crippen LogP contribution is -2.25. The number of rotatable bonds is 3. The van der Waals surface area contributed by atoms with Gasteiger partial charge in [-0.1, -0.05) is 46.8 Å². The summed E-state index contributed by atoms with van der Waals surface area (Å²) < 4.78 is 0. The summed E-state index contributed by atoms with van der Waals surface area (Å²) in [6.07, 6.45) is 1.09. The second-order valence-corrected chi connectivity index (χ2v) is 7.18. The molecule has 2 heteroatoms. The van der Waals surface area contributed by atoms with Crippen molar-refractivity contribution in [3.63, 3.8) is 0 Å². The third kappa shape index (κ3) is 3.74. The highest BCUT2D eigenvalue weighted by Gasteiger charge is 2.27. The molecule has 1 unspecified atom stereocenters. The van der Waals surface area contributed by atoms with Gasteiger partial charge < -0.3 is 10.8 Å². The fraction of sp³-hybridized carbons (Fsp3) is 0.625. The molecule has 0 aliphatic heterocycles. The standard InChI is InChI=1S/C16H27NO/c1-11(17)13-9-12(7-8-14(13)18)16(5,6)10-15(2,3)4/h7-9,11,18H,10,17H2,1-6H3. The summed E-state index contributed by atoms with van der Waals surface area (Å²) in [7, 11) is 0. The van der Waals surface area contributed by atoms with Crippen molar-refractivity contribution in [1.82, 2.24) is 0 Å². The first-order valence-corrected chi connectivity index (χ1v) is 6.62. The molecular weight excluding hydrogens is 222 g/mol. The normalized spacial score (nSPS) is 14.6. The van der Waals surface area contributed by atoms with E-state index in [1.54, 1.807) is 6.07 Å². The molecule has 0 saturated carbocycles. The second kappa shape index (κ2) is 4.93. The van der Waals surface area contributed by atoms with Crippen molar-refractivity contribution in [3.8, 4) is 5.75 Å². The van der Waals surface area contributed by atoms with E-state index in [4.69, 9.17) is 5.73 Å². The molecule has 0 bridgehead atoms. The molecule has 1 aromatic rings. The van der Waals surface area contributed by atoms with Crippen LogP contribution < -0.4 is 5.73 Å². The van der Waals surface area contributed by atoms with Gasteiger partial charge in [0.1, 0.15) is 5.75 Å². The van der Waals surface area contributed by atoms with Crippen molar-refractivity contribution in [2.24, 2.45) is 11.1 Å². The fourth-order valence-electron chi connectivity index (χ4n) is 2.77. The Kier molecular flexibility index (Phi) is 4.12. The first kappa shape index (κ1) is 15.0. The molecule has 3 N–H and O–H groups in total. The number of aromatic hydroxyl groups is 1. The van der Waals surface area contributed by atoms with Gasteiger partial charge in [0.15, 0.2) is 0 Å². The summed E-state index contributed by atoms with van der Waals surface area (Å²) in [5.74, 6) is 0.292. The first-order valence-electron chi connectivity index (χ1n) is 6.62.